The first kappa shape index (κ1) is 23.4. The smallest absolute Gasteiger partial charge is 0.320 e. The molecule has 0 amide bonds. The molecule has 0 aliphatic heterocycles. The topological polar surface area (TPSA) is 190 Å². The summed E-state index contributed by atoms with van der Waals surface area (Å²) >= 11 is 0. The monoisotopic (exact) mass is 295 g/mol. The Hall–Kier alpha value is -1.71. The number of carboxylic acid groups (broad SMARTS) is 3. The Labute approximate surface area is 117 Å². The summed E-state index contributed by atoms with van der Waals surface area (Å²) in [7, 11) is 0. The van der Waals surface area contributed by atoms with Gasteiger partial charge in [-0.25, -0.2) is 0 Å². The SMILES string of the molecule is CC(C)C(N)C(=O)O.CC(N)C(=O)O.CC(N)C(=O)O. The molecule has 0 fully saturated rings. The van der Waals surface area contributed by atoms with E-state index in [1.54, 1.807) is 13.8 Å². The van der Waals surface area contributed by atoms with E-state index in [0.717, 1.165) is 0 Å². The van der Waals surface area contributed by atoms with E-state index >= 15 is 0 Å². The van der Waals surface area contributed by atoms with Crippen molar-refractivity contribution >= 4 is 17.9 Å². The summed E-state index contributed by atoms with van der Waals surface area (Å²) < 4.78 is 0. The van der Waals surface area contributed by atoms with Gasteiger partial charge in [0.1, 0.15) is 18.1 Å². The highest BCUT2D eigenvalue weighted by Crippen LogP contribution is 1.96. The van der Waals surface area contributed by atoms with Crippen LogP contribution >= 0.6 is 0 Å². The molecule has 0 heterocycles. The number of carbonyl (C=O) groups is 3. The molecule has 3 atom stereocenters. The summed E-state index contributed by atoms with van der Waals surface area (Å²) in [5.74, 6) is -2.84. The van der Waals surface area contributed by atoms with Gasteiger partial charge in [-0.15, -0.1) is 0 Å². The Morgan fingerprint density at radius 2 is 0.900 bits per heavy atom. The number of hydrogen-bond acceptors (Lipinski definition) is 6. The third-order valence-corrected chi connectivity index (χ3v) is 1.78. The van der Waals surface area contributed by atoms with Crippen LogP contribution in [0.1, 0.15) is 27.7 Å². The predicted octanol–water partition coefficient (Wildman–Crippen LogP) is -1.11. The van der Waals surface area contributed by atoms with Gasteiger partial charge in [0.2, 0.25) is 0 Å². The molecule has 0 saturated heterocycles. The molecule has 3 unspecified atom stereocenters. The second kappa shape index (κ2) is 12.3. The fourth-order valence-corrected chi connectivity index (χ4v) is 0.285. The number of aliphatic carboxylic acids is 3. The summed E-state index contributed by atoms with van der Waals surface area (Å²) in [5, 5.41) is 24.0. The van der Waals surface area contributed by atoms with Gasteiger partial charge < -0.3 is 32.5 Å². The van der Waals surface area contributed by atoms with Crippen LogP contribution in [0, 0.1) is 5.92 Å². The van der Waals surface area contributed by atoms with Gasteiger partial charge in [-0.2, -0.15) is 0 Å². The lowest BCUT2D eigenvalue weighted by atomic mass is 10.1. The van der Waals surface area contributed by atoms with E-state index in [1.807, 2.05) is 0 Å². The highest BCUT2D eigenvalue weighted by molar-refractivity contribution is 5.73. The zero-order valence-electron chi connectivity index (χ0n) is 12.1. The molecule has 9 N–H and O–H groups in total. The first-order valence-electron chi connectivity index (χ1n) is 5.79. The third kappa shape index (κ3) is 18.6. The Balaban J connectivity index is -0.000000221. The average Bonchev–Trinajstić information content (AvgIpc) is 2.28. The van der Waals surface area contributed by atoms with E-state index < -0.39 is 36.0 Å². The number of carboxylic acids is 3. The van der Waals surface area contributed by atoms with E-state index in [1.165, 1.54) is 13.8 Å². The molecule has 9 heteroatoms. The Morgan fingerprint density at radius 3 is 0.900 bits per heavy atom. The number of nitrogens with two attached hydrogens (primary N) is 3. The van der Waals surface area contributed by atoms with Gasteiger partial charge in [-0.05, 0) is 19.8 Å². The molecule has 0 aliphatic rings. The van der Waals surface area contributed by atoms with Crippen molar-refractivity contribution < 1.29 is 29.7 Å². The molecule has 0 aromatic carbocycles. The van der Waals surface area contributed by atoms with Gasteiger partial charge >= 0.3 is 17.9 Å². The van der Waals surface area contributed by atoms with Crippen LogP contribution in [-0.2, 0) is 14.4 Å². The highest BCUT2D eigenvalue weighted by Gasteiger charge is 2.14. The summed E-state index contributed by atoms with van der Waals surface area (Å²) in [5.41, 5.74) is 14.8. The number of rotatable bonds is 4. The molecule has 0 saturated carbocycles. The molecule has 0 aromatic rings. The van der Waals surface area contributed by atoms with E-state index in [-0.39, 0.29) is 5.92 Å². The van der Waals surface area contributed by atoms with Crippen LogP contribution in [0.15, 0.2) is 0 Å². The lowest BCUT2D eigenvalue weighted by molar-refractivity contribution is -0.140. The Morgan fingerprint density at radius 1 is 0.700 bits per heavy atom. The van der Waals surface area contributed by atoms with Gasteiger partial charge in [0.05, 0.1) is 0 Å². The lowest BCUT2D eigenvalue weighted by Gasteiger charge is -2.07. The minimum atomic E-state index is -0.963. The van der Waals surface area contributed by atoms with Crippen molar-refractivity contribution in [2.24, 2.45) is 23.1 Å². The molecule has 0 bridgehead atoms. The van der Waals surface area contributed by atoms with Crippen LogP contribution in [0.25, 0.3) is 0 Å². The van der Waals surface area contributed by atoms with E-state index in [2.05, 4.69) is 0 Å². The second-order valence-electron chi connectivity index (χ2n) is 4.36. The average molecular weight is 295 g/mol. The molecule has 0 radical (unpaired) electrons. The van der Waals surface area contributed by atoms with Gasteiger partial charge in [0.15, 0.2) is 0 Å². The summed E-state index contributed by atoms with van der Waals surface area (Å²) in [6.45, 7) is 6.39. The minimum absolute atomic E-state index is 0.0208. The zero-order valence-corrected chi connectivity index (χ0v) is 12.1. The van der Waals surface area contributed by atoms with Crippen molar-refractivity contribution in [1.82, 2.24) is 0 Å². The van der Waals surface area contributed by atoms with E-state index in [0.29, 0.717) is 0 Å². The fourth-order valence-electron chi connectivity index (χ4n) is 0.285. The largest absolute Gasteiger partial charge is 0.480 e. The van der Waals surface area contributed by atoms with Gasteiger partial charge in [-0.3, -0.25) is 14.4 Å². The van der Waals surface area contributed by atoms with Crippen LogP contribution in [0.2, 0.25) is 0 Å². The van der Waals surface area contributed by atoms with Crippen LogP contribution in [-0.4, -0.2) is 51.4 Å². The van der Waals surface area contributed by atoms with Crippen molar-refractivity contribution in [3.63, 3.8) is 0 Å². The van der Waals surface area contributed by atoms with Crippen LogP contribution < -0.4 is 17.2 Å². The summed E-state index contributed by atoms with van der Waals surface area (Å²) in [6, 6.07) is -2.18. The van der Waals surface area contributed by atoms with E-state index in [9.17, 15) is 14.4 Å². The fraction of sp³-hybridized carbons (Fsp3) is 0.727. The molecule has 20 heavy (non-hydrogen) atoms. The van der Waals surface area contributed by atoms with E-state index in [4.69, 9.17) is 32.5 Å². The molecule has 9 nitrogen and oxygen atoms in total. The molecule has 0 aromatic heterocycles. The van der Waals surface area contributed by atoms with Gasteiger partial charge in [-0.1, -0.05) is 13.8 Å². The Kier molecular flexibility index (Phi) is 14.4. The first-order chi connectivity index (χ1) is 8.84. The quantitative estimate of drug-likeness (QED) is 0.373. The van der Waals surface area contributed by atoms with Crippen molar-refractivity contribution in [1.29, 1.82) is 0 Å². The zero-order chi connectivity index (χ0) is 17.0. The van der Waals surface area contributed by atoms with Crippen molar-refractivity contribution in [2.45, 2.75) is 45.8 Å². The van der Waals surface area contributed by atoms with Crippen LogP contribution in [0.4, 0.5) is 0 Å². The predicted molar refractivity (Wildman–Crippen MR) is 73.0 cm³/mol. The maximum Gasteiger partial charge on any atom is 0.320 e. The van der Waals surface area contributed by atoms with Crippen LogP contribution in [0.3, 0.4) is 0 Å². The maximum absolute atomic E-state index is 10.0. The lowest BCUT2D eigenvalue weighted by Crippen LogP contribution is -2.34. The molecular formula is C11H25N3O6. The van der Waals surface area contributed by atoms with Crippen molar-refractivity contribution in [3.8, 4) is 0 Å². The molecular weight excluding hydrogens is 270 g/mol. The van der Waals surface area contributed by atoms with Crippen molar-refractivity contribution in [3.05, 3.63) is 0 Å². The van der Waals surface area contributed by atoms with Gasteiger partial charge in [0.25, 0.3) is 0 Å². The maximum atomic E-state index is 10.0. The molecule has 120 valence electrons. The first-order valence-corrected chi connectivity index (χ1v) is 5.79. The molecule has 0 spiro atoms. The second-order valence-corrected chi connectivity index (χ2v) is 4.36. The molecule has 0 aliphatic carbocycles. The van der Waals surface area contributed by atoms with Gasteiger partial charge in [0, 0.05) is 0 Å². The summed E-state index contributed by atoms with van der Waals surface area (Å²) in [4.78, 5) is 29.2. The normalized spacial score (nSPS) is 13.8. The highest BCUT2D eigenvalue weighted by atomic mass is 16.4. The third-order valence-electron chi connectivity index (χ3n) is 1.78. The Bertz CT molecular complexity index is 287. The standard InChI is InChI=1S/C5H11NO2.2C3H7NO2/c1-3(2)4(6)5(7)8;2*1-2(4)3(5)6/h3-4H,6H2,1-2H3,(H,7,8);2*2H,4H2,1H3,(H,5,6). The summed E-state index contributed by atoms with van der Waals surface area (Å²) in [6.07, 6.45) is 0. The molecule has 0 rings (SSSR count). The van der Waals surface area contributed by atoms with Crippen LogP contribution in [0.5, 0.6) is 0 Å². The number of hydrogen-bond donors (Lipinski definition) is 6. The minimum Gasteiger partial charge on any atom is -0.480 e. The van der Waals surface area contributed by atoms with Crippen molar-refractivity contribution in [2.75, 3.05) is 0 Å².